The van der Waals surface area contributed by atoms with Gasteiger partial charge in [-0.25, -0.2) is 0 Å². The maximum absolute atomic E-state index is 6.00. The Bertz CT molecular complexity index is 835. The van der Waals surface area contributed by atoms with Crippen molar-refractivity contribution in [2.24, 2.45) is 0 Å². The number of thiocarbonyl (C=S) groups is 1. The van der Waals surface area contributed by atoms with E-state index in [2.05, 4.69) is 22.8 Å². The molecule has 1 fully saturated rings. The molecule has 148 valence electrons. The van der Waals surface area contributed by atoms with Crippen molar-refractivity contribution in [3.8, 4) is 11.5 Å². The van der Waals surface area contributed by atoms with Crippen molar-refractivity contribution in [1.82, 2.24) is 5.32 Å². The maximum Gasteiger partial charge on any atom is 0.171 e. The lowest BCUT2D eigenvalue weighted by Gasteiger charge is -2.32. The van der Waals surface area contributed by atoms with E-state index < -0.39 is 0 Å². The highest BCUT2D eigenvalue weighted by Crippen LogP contribution is 2.35. The molecular weight excluding hydrogens is 392 g/mol. The van der Waals surface area contributed by atoms with E-state index in [1.54, 1.807) is 0 Å². The summed E-state index contributed by atoms with van der Waals surface area (Å²) >= 11 is 11.6. The summed E-state index contributed by atoms with van der Waals surface area (Å²) in [6.45, 7) is 1.17. The van der Waals surface area contributed by atoms with E-state index in [1.807, 2.05) is 30.3 Å². The number of rotatable bonds is 5. The fraction of sp³-hybridized carbons (Fsp3) is 0.409. The quantitative estimate of drug-likeness (QED) is 0.643. The van der Waals surface area contributed by atoms with Crippen LogP contribution in [0.2, 0.25) is 5.02 Å². The summed E-state index contributed by atoms with van der Waals surface area (Å²) in [5.41, 5.74) is 2.27. The molecule has 6 heteroatoms. The zero-order valence-electron chi connectivity index (χ0n) is 15.8. The van der Waals surface area contributed by atoms with Crippen LogP contribution in [0.4, 0.5) is 5.69 Å². The summed E-state index contributed by atoms with van der Waals surface area (Å²) in [7, 11) is 0. The largest absolute Gasteiger partial charge is 0.486 e. The van der Waals surface area contributed by atoms with E-state index in [9.17, 15) is 0 Å². The van der Waals surface area contributed by atoms with Gasteiger partial charge in [0.25, 0.3) is 0 Å². The van der Waals surface area contributed by atoms with Crippen LogP contribution < -0.4 is 20.1 Å². The van der Waals surface area contributed by atoms with Crippen molar-refractivity contribution < 1.29 is 9.47 Å². The molecule has 4 nitrogen and oxygen atoms in total. The summed E-state index contributed by atoms with van der Waals surface area (Å²) in [6, 6.07) is 14.0. The zero-order valence-corrected chi connectivity index (χ0v) is 17.4. The van der Waals surface area contributed by atoms with Gasteiger partial charge < -0.3 is 20.1 Å². The van der Waals surface area contributed by atoms with Crippen LogP contribution in [0.15, 0.2) is 42.5 Å². The fourth-order valence-corrected chi connectivity index (χ4v) is 4.51. The molecule has 2 aromatic rings. The van der Waals surface area contributed by atoms with Gasteiger partial charge in [0.05, 0.1) is 0 Å². The molecule has 2 aliphatic rings. The smallest absolute Gasteiger partial charge is 0.171 e. The standard InChI is InChI=1S/C22H25ClN2O2S/c23-17-5-3-16(4-6-17)9-12-22(10-1-2-11-22)25-21(28)24-18-7-8-19-20(15-18)27-14-13-26-19/h3-8,15H,1-2,9-14H2,(H2,24,25,28). The van der Waals surface area contributed by atoms with E-state index in [0.29, 0.717) is 18.3 Å². The van der Waals surface area contributed by atoms with Crippen LogP contribution >= 0.6 is 23.8 Å². The Kier molecular flexibility index (Phi) is 5.93. The second-order valence-electron chi connectivity index (χ2n) is 7.55. The van der Waals surface area contributed by atoms with Gasteiger partial charge in [-0.3, -0.25) is 0 Å². The molecule has 0 radical (unpaired) electrons. The van der Waals surface area contributed by atoms with Crippen LogP contribution in [0.5, 0.6) is 11.5 Å². The first-order valence-electron chi connectivity index (χ1n) is 9.85. The van der Waals surface area contributed by atoms with Gasteiger partial charge >= 0.3 is 0 Å². The van der Waals surface area contributed by atoms with Crippen molar-refractivity contribution in [3.63, 3.8) is 0 Å². The highest BCUT2D eigenvalue weighted by Gasteiger charge is 2.34. The number of aryl methyl sites for hydroxylation is 1. The lowest BCUT2D eigenvalue weighted by Crippen LogP contribution is -2.48. The third kappa shape index (κ3) is 4.70. The molecule has 0 saturated heterocycles. The van der Waals surface area contributed by atoms with Crippen molar-refractivity contribution in [2.75, 3.05) is 18.5 Å². The zero-order chi connectivity index (χ0) is 19.4. The Labute approximate surface area is 176 Å². The number of ether oxygens (including phenoxy) is 2. The molecular formula is C22H25ClN2O2S. The molecule has 1 saturated carbocycles. The second kappa shape index (κ2) is 8.58. The number of halogens is 1. The number of fused-ring (bicyclic) bond motifs is 1. The Morgan fingerprint density at radius 1 is 1.00 bits per heavy atom. The summed E-state index contributed by atoms with van der Waals surface area (Å²) in [6.07, 6.45) is 6.82. The molecule has 1 aliphatic carbocycles. The number of anilines is 1. The Hall–Kier alpha value is -1.98. The van der Waals surface area contributed by atoms with Gasteiger partial charge in [0.15, 0.2) is 16.6 Å². The molecule has 2 aromatic carbocycles. The molecule has 0 bridgehead atoms. The molecule has 1 aliphatic heterocycles. The highest BCUT2D eigenvalue weighted by molar-refractivity contribution is 7.80. The van der Waals surface area contributed by atoms with Crippen molar-refractivity contribution in [3.05, 3.63) is 53.1 Å². The molecule has 0 amide bonds. The molecule has 4 rings (SSSR count). The van der Waals surface area contributed by atoms with Gasteiger partial charge in [-0.15, -0.1) is 0 Å². The topological polar surface area (TPSA) is 42.5 Å². The number of nitrogens with one attached hydrogen (secondary N) is 2. The van der Waals surface area contributed by atoms with Gasteiger partial charge in [0.2, 0.25) is 0 Å². The SMILES string of the molecule is S=C(Nc1ccc2c(c1)OCCO2)NC1(CCc2ccc(Cl)cc2)CCCC1. The van der Waals surface area contributed by atoms with E-state index in [0.717, 1.165) is 47.9 Å². The predicted molar refractivity (Wildman–Crippen MR) is 118 cm³/mol. The van der Waals surface area contributed by atoms with Crippen molar-refractivity contribution in [1.29, 1.82) is 0 Å². The molecule has 1 heterocycles. The van der Waals surface area contributed by atoms with E-state index in [4.69, 9.17) is 33.3 Å². The molecule has 28 heavy (non-hydrogen) atoms. The highest BCUT2D eigenvalue weighted by atomic mass is 35.5. The number of hydrogen-bond acceptors (Lipinski definition) is 3. The number of hydrogen-bond donors (Lipinski definition) is 2. The van der Waals surface area contributed by atoms with E-state index in [1.165, 1.54) is 18.4 Å². The minimum atomic E-state index is 0.0531. The third-order valence-electron chi connectivity index (χ3n) is 5.54. The Morgan fingerprint density at radius 3 is 2.46 bits per heavy atom. The third-order valence-corrected chi connectivity index (χ3v) is 6.00. The van der Waals surface area contributed by atoms with Crippen molar-refractivity contribution >= 4 is 34.6 Å². The predicted octanol–water partition coefficient (Wildman–Crippen LogP) is 5.34. The lowest BCUT2D eigenvalue weighted by atomic mass is 9.89. The summed E-state index contributed by atoms with van der Waals surface area (Å²) in [4.78, 5) is 0. The van der Waals surface area contributed by atoms with Crippen LogP contribution in [-0.2, 0) is 6.42 Å². The van der Waals surface area contributed by atoms with Crippen LogP contribution in [0.25, 0.3) is 0 Å². The number of benzene rings is 2. The Balaban J connectivity index is 1.38. The summed E-state index contributed by atoms with van der Waals surface area (Å²) in [5.74, 6) is 1.54. The minimum absolute atomic E-state index is 0.0531. The lowest BCUT2D eigenvalue weighted by molar-refractivity contribution is 0.171. The first-order valence-corrected chi connectivity index (χ1v) is 10.6. The molecule has 0 atom stereocenters. The minimum Gasteiger partial charge on any atom is -0.486 e. The van der Waals surface area contributed by atoms with E-state index in [-0.39, 0.29) is 5.54 Å². The summed E-state index contributed by atoms with van der Waals surface area (Å²) < 4.78 is 11.2. The molecule has 0 aromatic heterocycles. The van der Waals surface area contributed by atoms with Crippen LogP contribution in [-0.4, -0.2) is 23.9 Å². The molecule has 0 unspecified atom stereocenters. The van der Waals surface area contributed by atoms with Gasteiger partial charge in [0, 0.05) is 22.3 Å². The van der Waals surface area contributed by atoms with Crippen LogP contribution in [0.1, 0.15) is 37.7 Å². The van der Waals surface area contributed by atoms with Gasteiger partial charge in [-0.1, -0.05) is 36.6 Å². The first-order chi connectivity index (χ1) is 13.6. The van der Waals surface area contributed by atoms with Gasteiger partial charge in [-0.2, -0.15) is 0 Å². The van der Waals surface area contributed by atoms with Crippen LogP contribution in [0.3, 0.4) is 0 Å². The van der Waals surface area contributed by atoms with Crippen molar-refractivity contribution in [2.45, 2.75) is 44.1 Å². The average molecular weight is 417 g/mol. The monoisotopic (exact) mass is 416 g/mol. The molecule has 2 N–H and O–H groups in total. The second-order valence-corrected chi connectivity index (χ2v) is 8.40. The van der Waals surface area contributed by atoms with Gasteiger partial charge in [0.1, 0.15) is 13.2 Å². The normalized spacial score (nSPS) is 17.2. The maximum atomic E-state index is 6.00. The average Bonchev–Trinajstić information content (AvgIpc) is 3.16. The Morgan fingerprint density at radius 2 is 1.71 bits per heavy atom. The fourth-order valence-electron chi connectivity index (χ4n) is 4.05. The first kappa shape index (κ1) is 19.3. The van der Waals surface area contributed by atoms with Crippen LogP contribution in [0, 0.1) is 0 Å². The van der Waals surface area contributed by atoms with E-state index >= 15 is 0 Å². The molecule has 0 spiro atoms. The van der Waals surface area contributed by atoms with Gasteiger partial charge in [-0.05, 0) is 67.7 Å². The summed E-state index contributed by atoms with van der Waals surface area (Å²) in [5, 5.41) is 8.38.